The number of phenolic OH excluding ortho intramolecular Hbond substituents is 1. The van der Waals surface area contributed by atoms with E-state index in [-0.39, 0.29) is 16.7 Å². The van der Waals surface area contributed by atoms with E-state index in [9.17, 15) is 9.90 Å². The first-order chi connectivity index (χ1) is 8.15. The molecule has 0 atom stereocenters. The van der Waals surface area contributed by atoms with E-state index in [4.69, 9.17) is 27.9 Å². The topological polar surface area (TPSA) is 58.6 Å². The standard InChI is InChI=1S/C11H13Cl2NO3/c12-3-5-17-6-4-14-11(16)8-1-2-10(15)9(13)7-8/h1-2,7,15H,3-6H2,(H,14,16). The lowest BCUT2D eigenvalue weighted by Crippen LogP contribution is -2.27. The number of carbonyl (C=O) groups excluding carboxylic acids is 1. The fraction of sp³-hybridized carbons (Fsp3) is 0.364. The van der Waals surface area contributed by atoms with Crippen molar-refractivity contribution in [3.63, 3.8) is 0 Å². The Hall–Kier alpha value is -0.970. The summed E-state index contributed by atoms with van der Waals surface area (Å²) in [6.07, 6.45) is 0. The van der Waals surface area contributed by atoms with E-state index in [0.29, 0.717) is 31.2 Å². The van der Waals surface area contributed by atoms with Crippen molar-refractivity contribution in [3.05, 3.63) is 28.8 Å². The molecule has 1 aromatic carbocycles. The Labute approximate surface area is 109 Å². The van der Waals surface area contributed by atoms with Crippen molar-refractivity contribution in [1.29, 1.82) is 0 Å². The Morgan fingerprint density at radius 1 is 1.41 bits per heavy atom. The minimum atomic E-state index is -0.263. The molecule has 0 aromatic heterocycles. The van der Waals surface area contributed by atoms with E-state index < -0.39 is 0 Å². The van der Waals surface area contributed by atoms with Crippen molar-refractivity contribution in [2.45, 2.75) is 0 Å². The highest BCUT2D eigenvalue weighted by atomic mass is 35.5. The number of alkyl halides is 1. The van der Waals surface area contributed by atoms with Crippen LogP contribution in [0.5, 0.6) is 5.75 Å². The molecule has 1 amide bonds. The van der Waals surface area contributed by atoms with E-state index in [1.807, 2.05) is 0 Å². The van der Waals surface area contributed by atoms with Gasteiger partial charge in [0.05, 0.1) is 18.2 Å². The number of ether oxygens (including phenoxy) is 1. The molecule has 0 spiro atoms. The predicted octanol–water partition coefficient (Wildman–Crippen LogP) is 2.03. The molecule has 0 heterocycles. The van der Waals surface area contributed by atoms with Gasteiger partial charge in [-0.25, -0.2) is 0 Å². The summed E-state index contributed by atoms with van der Waals surface area (Å²) < 4.78 is 5.10. The summed E-state index contributed by atoms with van der Waals surface area (Å²) in [7, 11) is 0. The summed E-state index contributed by atoms with van der Waals surface area (Å²) in [4.78, 5) is 11.6. The summed E-state index contributed by atoms with van der Waals surface area (Å²) in [5.41, 5.74) is 0.394. The first-order valence-electron chi connectivity index (χ1n) is 5.05. The molecule has 1 aromatic rings. The summed E-state index contributed by atoms with van der Waals surface area (Å²) >= 11 is 11.1. The lowest BCUT2D eigenvalue weighted by molar-refractivity contribution is 0.0923. The molecule has 1 rings (SSSR count). The Bertz CT molecular complexity index is 385. The number of halogens is 2. The highest BCUT2D eigenvalue weighted by Crippen LogP contribution is 2.23. The monoisotopic (exact) mass is 277 g/mol. The fourth-order valence-corrected chi connectivity index (χ4v) is 1.43. The molecule has 0 radical (unpaired) electrons. The number of benzene rings is 1. The maximum absolute atomic E-state index is 11.6. The van der Waals surface area contributed by atoms with Crippen LogP contribution in [0.4, 0.5) is 0 Å². The zero-order valence-corrected chi connectivity index (χ0v) is 10.6. The lowest BCUT2D eigenvalue weighted by Gasteiger charge is -2.06. The third-order valence-corrected chi connectivity index (χ3v) is 2.42. The van der Waals surface area contributed by atoms with Gasteiger partial charge in [-0.1, -0.05) is 11.6 Å². The van der Waals surface area contributed by atoms with Crippen LogP contribution in [0.3, 0.4) is 0 Å². The number of carbonyl (C=O) groups is 1. The molecule has 6 heteroatoms. The number of hydrogen-bond acceptors (Lipinski definition) is 3. The minimum absolute atomic E-state index is 0.0475. The Balaban J connectivity index is 2.39. The highest BCUT2D eigenvalue weighted by Gasteiger charge is 2.07. The maximum atomic E-state index is 11.6. The first kappa shape index (κ1) is 14.1. The third kappa shape index (κ3) is 4.81. The van der Waals surface area contributed by atoms with Crippen LogP contribution in [0.15, 0.2) is 18.2 Å². The first-order valence-corrected chi connectivity index (χ1v) is 5.97. The summed E-state index contributed by atoms with van der Waals surface area (Å²) in [6, 6.07) is 4.28. The van der Waals surface area contributed by atoms with E-state index in [0.717, 1.165) is 0 Å². The number of hydrogen-bond donors (Lipinski definition) is 2. The van der Waals surface area contributed by atoms with Crippen molar-refractivity contribution in [1.82, 2.24) is 5.32 Å². The van der Waals surface area contributed by atoms with E-state index in [1.54, 1.807) is 0 Å². The quantitative estimate of drug-likeness (QED) is 0.618. The van der Waals surface area contributed by atoms with Crippen LogP contribution in [-0.2, 0) is 4.74 Å². The summed E-state index contributed by atoms with van der Waals surface area (Å²) in [5.74, 6) is 0.122. The normalized spacial score (nSPS) is 10.2. The molecule has 4 nitrogen and oxygen atoms in total. The van der Waals surface area contributed by atoms with Gasteiger partial charge in [-0.3, -0.25) is 4.79 Å². The van der Waals surface area contributed by atoms with Gasteiger partial charge in [0, 0.05) is 18.0 Å². The molecule has 0 bridgehead atoms. The van der Waals surface area contributed by atoms with Crippen molar-refractivity contribution in [2.75, 3.05) is 25.6 Å². The molecular weight excluding hydrogens is 265 g/mol. The Kier molecular flexibility index (Phi) is 6.11. The van der Waals surface area contributed by atoms with Crippen LogP contribution in [0.1, 0.15) is 10.4 Å². The van der Waals surface area contributed by atoms with Crippen LogP contribution in [-0.4, -0.2) is 36.7 Å². The second-order valence-electron chi connectivity index (χ2n) is 3.22. The Morgan fingerprint density at radius 3 is 2.82 bits per heavy atom. The highest BCUT2D eigenvalue weighted by molar-refractivity contribution is 6.32. The predicted molar refractivity (Wildman–Crippen MR) is 67.0 cm³/mol. The molecule has 17 heavy (non-hydrogen) atoms. The molecule has 0 unspecified atom stereocenters. The van der Waals surface area contributed by atoms with Crippen LogP contribution in [0, 0.1) is 0 Å². The second kappa shape index (κ2) is 7.37. The maximum Gasteiger partial charge on any atom is 0.251 e. The number of amides is 1. The Morgan fingerprint density at radius 2 is 2.18 bits per heavy atom. The van der Waals surface area contributed by atoms with Gasteiger partial charge in [-0.05, 0) is 18.2 Å². The number of aromatic hydroxyl groups is 1. The second-order valence-corrected chi connectivity index (χ2v) is 4.01. The fourth-order valence-electron chi connectivity index (χ4n) is 1.14. The van der Waals surface area contributed by atoms with Gasteiger partial charge >= 0.3 is 0 Å². The van der Waals surface area contributed by atoms with Gasteiger partial charge < -0.3 is 15.2 Å². The SMILES string of the molecule is O=C(NCCOCCCl)c1ccc(O)c(Cl)c1. The molecule has 0 saturated carbocycles. The molecule has 0 saturated heterocycles. The van der Waals surface area contributed by atoms with E-state index in [2.05, 4.69) is 5.32 Å². The van der Waals surface area contributed by atoms with Crippen LogP contribution >= 0.6 is 23.2 Å². The van der Waals surface area contributed by atoms with Crippen molar-refractivity contribution in [3.8, 4) is 5.75 Å². The molecule has 0 aliphatic rings. The van der Waals surface area contributed by atoms with Gasteiger partial charge in [-0.15, -0.1) is 11.6 Å². The molecule has 0 aliphatic carbocycles. The van der Waals surface area contributed by atoms with Crippen LogP contribution in [0.25, 0.3) is 0 Å². The average molecular weight is 278 g/mol. The average Bonchev–Trinajstić information content (AvgIpc) is 2.32. The van der Waals surface area contributed by atoms with Crippen LogP contribution < -0.4 is 5.32 Å². The van der Waals surface area contributed by atoms with E-state index >= 15 is 0 Å². The zero-order valence-electron chi connectivity index (χ0n) is 9.08. The third-order valence-electron chi connectivity index (χ3n) is 1.96. The largest absolute Gasteiger partial charge is 0.506 e. The molecule has 2 N–H and O–H groups in total. The van der Waals surface area contributed by atoms with Gasteiger partial charge in [0.25, 0.3) is 5.91 Å². The minimum Gasteiger partial charge on any atom is -0.506 e. The van der Waals surface area contributed by atoms with Crippen LogP contribution in [0.2, 0.25) is 5.02 Å². The van der Waals surface area contributed by atoms with E-state index in [1.165, 1.54) is 18.2 Å². The van der Waals surface area contributed by atoms with Gasteiger partial charge in [0.15, 0.2) is 0 Å². The smallest absolute Gasteiger partial charge is 0.251 e. The molecule has 0 aliphatic heterocycles. The lowest BCUT2D eigenvalue weighted by atomic mass is 10.2. The zero-order chi connectivity index (χ0) is 12.7. The molecule has 94 valence electrons. The number of phenols is 1. The summed E-state index contributed by atoms with van der Waals surface area (Å²) in [6.45, 7) is 1.26. The van der Waals surface area contributed by atoms with Crippen molar-refractivity contribution >= 4 is 29.1 Å². The molecule has 0 fully saturated rings. The van der Waals surface area contributed by atoms with Gasteiger partial charge in [0.2, 0.25) is 0 Å². The number of nitrogens with one attached hydrogen (secondary N) is 1. The van der Waals surface area contributed by atoms with Gasteiger partial charge in [-0.2, -0.15) is 0 Å². The summed E-state index contributed by atoms with van der Waals surface area (Å²) in [5, 5.41) is 12.0. The van der Waals surface area contributed by atoms with Crippen molar-refractivity contribution in [2.24, 2.45) is 0 Å². The molecular formula is C11H13Cl2NO3. The number of rotatable bonds is 6. The van der Waals surface area contributed by atoms with Gasteiger partial charge in [0.1, 0.15) is 5.75 Å². The van der Waals surface area contributed by atoms with Crippen molar-refractivity contribution < 1.29 is 14.6 Å².